The van der Waals surface area contributed by atoms with Gasteiger partial charge in [-0.05, 0) is 105 Å². The molecule has 0 aliphatic carbocycles. The van der Waals surface area contributed by atoms with E-state index in [0.29, 0.717) is 74.7 Å². The largest absolute Gasteiger partial charge is 0.490 e. The first-order chi connectivity index (χ1) is 30.7. The maximum absolute atomic E-state index is 14.5. The Hall–Kier alpha value is -6.55. The molecule has 2 atom stereocenters. The van der Waals surface area contributed by atoms with E-state index in [1.54, 1.807) is 36.5 Å². The average Bonchev–Trinajstić information content (AvgIpc) is 3.78. The fourth-order valence-electron chi connectivity index (χ4n) is 9.78. The van der Waals surface area contributed by atoms with E-state index >= 15 is 0 Å². The summed E-state index contributed by atoms with van der Waals surface area (Å²) in [5.74, 6) is -1.91. The van der Waals surface area contributed by atoms with E-state index in [-0.39, 0.29) is 48.2 Å². The van der Waals surface area contributed by atoms with Gasteiger partial charge in [-0.2, -0.15) is 0 Å². The molecule has 0 saturated carbocycles. The highest BCUT2D eigenvalue weighted by molar-refractivity contribution is 6.24. The van der Waals surface area contributed by atoms with Gasteiger partial charge >= 0.3 is 0 Å². The molecule has 2 saturated heterocycles. The molecule has 4 aliphatic heterocycles. The number of nitrogens with one attached hydrogen (secondary N) is 2. The number of aromatic nitrogens is 3. The first kappa shape index (κ1) is 42.7. The Labute approximate surface area is 368 Å². The Balaban J connectivity index is 0.862. The molecule has 2 aromatic carbocycles. The number of piperidine rings is 2. The number of benzene rings is 2. The number of ether oxygens (including phenoxy) is 1. The van der Waals surface area contributed by atoms with Gasteiger partial charge in [-0.15, -0.1) is 0 Å². The second-order valence-corrected chi connectivity index (χ2v) is 18.1. The van der Waals surface area contributed by atoms with Crippen LogP contribution in [0.5, 0.6) is 5.75 Å². The molecule has 1 unspecified atom stereocenters. The monoisotopic (exact) mass is 872 g/mol. The Morgan fingerprint density at radius 2 is 1.72 bits per heavy atom. The van der Waals surface area contributed by atoms with Crippen LogP contribution < -0.4 is 20.7 Å². The summed E-state index contributed by atoms with van der Waals surface area (Å²) in [6.45, 7) is 8.22. The van der Waals surface area contributed by atoms with Gasteiger partial charge in [0.15, 0.2) is 0 Å². The number of halogens is 2. The van der Waals surface area contributed by atoms with Crippen LogP contribution in [-0.2, 0) is 14.4 Å². The normalized spacial score (nSPS) is 19.5. The SMILES string of the molecule is CC(C)C[C@](C)(N)COc1ccc(-c2ccnc3[nH]c4ccc(C5=CCN(C(=O)C6CCN(c7ccc8c(c7)C(=O)N(C7CCC(=O)NC7=O)C8=O)CC6)CC5)cc4c23)nc1C(F)F. The number of nitrogens with two attached hydrogens (primary N) is 1. The summed E-state index contributed by atoms with van der Waals surface area (Å²) in [5, 5.41) is 3.86. The number of alkyl halides is 2. The second kappa shape index (κ2) is 16.9. The van der Waals surface area contributed by atoms with E-state index < -0.39 is 47.3 Å². The minimum atomic E-state index is -2.87. The molecular formula is C48H50F2N8O6. The first-order valence-corrected chi connectivity index (χ1v) is 21.9. The van der Waals surface area contributed by atoms with Gasteiger partial charge in [-0.3, -0.25) is 34.2 Å². The van der Waals surface area contributed by atoms with Crippen LogP contribution in [0.15, 0.2) is 66.9 Å². The number of hydrogen-bond donors (Lipinski definition) is 3. The third kappa shape index (κ3) is 8.10. The fraction of sp³-hybridized carbons (Fsp3) is 0.396. The van der Waals surface area contributed by atoms with E-state index in [2.05, 4.69) is 37.3 Å². The van der Waals surface area contributed by atoms with Crippen LogP contribution in [0, 0.1) is 11.8 Å². The van der Waals surface area contributed by atoms with Crippen molar-refractivity contribution in [1.29, 1.82) is 0 Å². The Morgan fingerprint density at radius 3 is 2.44 bits per heavy atom. The number of amides is 5. The smallest absolute Gasteiger partial charge is 0.284 e. The van der Waals surface area contributed by atoms with Crippen LogP contribution in [0.1, 0.15) is 97.7 Å². The van der Waals surface area contributed by atoms with Crippen LogP contribution in [-0.4, -0.2) is 98.7 Å². The molecule has 4 aliphatic rings. The molecule has 0 bridgehead atoms. The van der Waals surface area contributed by atoms with E-state index in [1.807, 2.05) is 37.8 Å². The van der Waals surface area contributed by atoms with Gasteiger partial charge < -0.3 is 25.3 Å². The van der Waals surface area contributed by atoms with E-state index in [4.69, 9.17) is 10.5 Å². The van der Waals surface area contributed by atoms with Crippen molar-refractivity contribution in [3.05, 3.63) is 89.3 Å². The van der Waals surface area contributed by atoms with Gasteiger partial charge in [0.1, 0.15) is 29.7 Å². The summed E-state index contributed by atoms with van der Waals surface area (Å²) in [6.07, 6.45) is 3.57. The maximum Gasteiger partial charge on any atom is 0.284 e. The molecule has 332 valence electrons. The predicted octanol–water partition coefficient (Wildman–Crippen LogP) is 6.79. The number of pyridine rings is 2. The number of imide groups is 2. The Morgan fingerprint density at radius 1 is 0.938 bits per heavy atom. The van der Waals surface area contributed by atoms with Crippen molar-refractivity contribution in [2.45, 2.75) is 77.3 Å². The lowest BCUT2D eigenvalue weighted by Crippen LogP contribution is -2.54. The highest BCUT2D eigenvalue weighted by Gasteiger charge is 2.45. The van der Waals surface area contributed by atoms with Crippen LogP contribution in [0.4, 0.5) is 14.5 Å². The number of anilines is 1. The lowest BCUT2D eigenvalue weighted by Gasteiger charge is -2.36. The van der Waals surface area contributed by atoms with Crippen LogP contribution in [0.3, 0.4) is 0 Å². The summed E-state index contributed by atoms with van der Waals surface area (Å²) in [6, 6.07) is 15.2. The summed E-state index contributed by atoms with van der Waals surface area (Å²) in [4.78, 5) is 81.9. The molecule has 14 nitrogen and oxygen atoms in total. The second-order valence-electron chi connectivity index (χ2n) is 18.1. The standard InChI is InChI=1S/C48H50F2N8O6/c1-26(2)24-48(3,51)25-64-38-10-8-35(53-41(38)42(49)50)32-12-17-52-43-40(32)34-22-29(4-7-36(34)54-43)27-13-20-57(21-14-27)45(61)28-15-18-56(19-16-28)30-5-6-31-33(23-30)47(63)58(46(31)62)37-9-11-39(59)55-44(37)60/h4-8,10,12-13,17,22-23,26,28,37,42H,9,11,14-16,18-21,24-25,51H2,1-3H3,(H,52,54)(H,55,59,60)/t37?,48-/m0/s1. The molecule has 64 heavy (non-hydrogen) atoms. The molecule has 2 fully saturated rings. The number of carbonyl (C=O) groups is 5. The molecule has 4 N–H and O–H groups in total. The van der Waals surface area contributed by atoms with Crippen molar-refractivity contribution in [1.82, 2.24) is 30.1 Å². The number of fused-ring (bicyclic) bond motifs is 4. The van der Waals surface area contributed by atoms with Crippen molar-refractivity contribution in [3.8, 4) is 17.0 Å². The highest BCUT2D eigenvalue weighted by atomic mass is 19.3. The van der Waals surface area contributed by atoms with Crippen molar-refractivity contribution in [3.63, 3.8) is 0 Å². The number of hydrogen-bond acceptors (Lipinski definition) is 10. The quantitative estimate of drug-likeness (QED) is 0.120. The van der Waals surface area contributed by atoms with Crippen LogP contribution in [0.25, 0.3) is 38.8 Å². The van der Waals surface area contributed by atoms with Gasteiger partial charge in [0.25, 0.3) is 18.2 Å². The van der Waals surface area contributed by atoms with Crippen LogP contribution >= 0.6 is 0 Å². The van der Waals surface area contributed by atoms with Gasteiger partial charge in [0, 0.05) is 77.8 Å². The Bertz CT molecular complexity index is 2760. The summed E-state index contributed by atoms with van der Waals surface area (Å²) in [7, 11) is 0. The molecule has 5 aromatic rings. The van der Waals surface area contributed by atoms with Gasteiger partial charge in [0.05, 0.1) is 16.8 Å². The predicted molar refractivity (Wildman–Crippen MR) is 237 cm³/mol. The summed E-state index contributed by atoms with van der Waals surface area (Å²) < 4.78 is 34.7. The molecule has 0 radical (unpaired) electrons. The maximum atomic E-state index is 14.5. The van der Waals surface area contributed by atoms with Crippen molar-refractivity contribution >= 4 is 62.7 Å². The number of aromatic amines is 1. The summed E-state index contributed by atoms with van der Waals surface area (Å²) in [5.41, 5.74) is 11.1. The molecule has 5 amide bonds. The molecular weight excluding hydrogens is 823 g/mol. The minimum absolute atomic E-state index is 0.00377. The molecule has 9 rings (SSSR count). The number of H-pyrrole nitrogens is 1. The zero-order valence-corrected chi connectivity index (χ0v) is 36.0. The number of nitrogens with zero attached hydrogens (tertiary/aromatic N) is 5. The number of carbonyl (C=O) groups excluding carboxylic acids is 5. The van der Waals surface area contributed by atoms with Crippen molar-refractivity contribution in [2.75, 3.05) is 37.7 Å². The molecule has 0 spiro atoms. The van der Waals surface area contributed by atoms with E-state index in [1.165, 1.54) is 6.07 Å². The van der Waals surface area contributed by atoms with Gasteiger partial charge in [0.2, 0.25) is 17.7 Å². The van der Waals surface area contributed by atoms with Gasteiger partial charge in [-0.1, -0.05) is 26.0 Å². The molecule has 16 heteroatoms. The lowest BCUT2D eigenvalue weighted by atomic mass is 9.92. The summed E-state index contributed by atoms with van der Waals surface area (Å²) >= 11 is 0. The van der Waals surface area contributed by atoms with Gasteiger partial charge in [-0.25, -0.2) is 18.7 Å². The van der Waals surface area contributed by atoms with Crippen molar-refractivity contribution in [2.24, 2.45) is 17.6 Å². The third-order valence-corrected chi connectivity index (χ3v) is 12.8. The lowest BCUT2D eigenvalue weighted by molar-refractivity contribution is -0.137. The van der Waals surface area contributed by atoms with E-state index in [9.17, 15) is 32.8 Å². The zero-order valence-electron chi connectivity index (χ0n) is 36.0. The average molecular weight is 873 g/mol. The Kier molecular flexibility index (Phi) is 11.3. The zero-order chi connectivity index (χ0) is 45.0. The topological polar surface area (TPSA) is 184 Å². The number of rotatable bonds is 11. The molecule has 7 heterocycles. The highest BCUT2D eigenvalue weighted by Crippen LogP contribution is 2.38. The molecule has 3 aromatic heterocycles. The van der Waals surface area contributed by atoms with E-state index in [0.717, 1.165) is 38.0 Å². The third-order valence-electron chi connectivity index (χ3n) is 12.8. The first-order valence-electron chi connectivity index (χ1n) is 21.9. The van der Waals surface area contributed by atoms with Crippen LogP contribution in [0.2, 0.25) is 0 Å². The fourth-order valence-corrected chi connectivity index (χ4v) is 9.78. The minimum Gasteiger partial charge on any atom is -0.490 e. The van der Waals surface area contributed by atoms with Crippen molar-refractivity contribution < 1.29 is 37.5 Å².